The number of rotatable bonds is 5. The van der Waals surface area contributed by atoms with Gasteiger partial charge in [0, 0.05) is 19.8 Å². The summed E-state index contributed by atoms with van der Waals surface area (Å²) in [6.07, 6.45) is 1.09. The van der Waals surface area contributed by atoms with Gasteiger partial charge in [-0.2, -0.15) is 0 Å². The van der Waals surface area contributed by atoms with E-state index in [9.17, 15) is 4.79 Å². The lowest BCUT2D eigenvalue weighted by atomic mass is 9.90. The van der Waals surface area contributed by atoms with Crippen molar-refractivity contribution in [3.63, 3.8) is 0 Å². The first-order valence-corrected chi connectivity index (χ1v) is 6.95. The summed E-state index contributed by atoms with van der Waals surface area (Å²) in [4.78, 5) is 12.2. The molecule has 1 amide bonds. The lowest BCUT2D eigenvalue weighted by Crippen LogP contribution is -2.56. The van der Waals surface area contributed by atoms with Crippen molar-refractivity contribution in [1.29, 1.82) is 0 Å². The van der Waals surface area contributed by atoms with Crippen LogP contribution in [0.5, 0.6) is 11.5 Å². The summed E-state index contributed by atoms with van der Waals surface area (Å²) < 4.78 is 15.7. The highest BCUT2D eigenvalue weighted by Gasteiger charge is 2.35. The van der Waals surface area contributed by atoms with Crippen LogP contribution >= 0.6 is 12.4 Å². The maximum Gasteiger partial charge on any atom is 0.240 e. The molecule has 0 aliphatic carbocycles. The second-order valence-electron chi connectivity index (χ2n) is 5.14. The predicted molar refractivity (Wildman–Crippen MR) is 85.6 cm³/mol. The number of carbonyl (C=O) groups is 1. The van der Waals surface area contributed by atoms with Gasteiger partial charge in [0.25, 0.3) is 0 Å². The molecule has 0 aromatic heterocycles. The van der Waals surface area contributed by atoms with Crippen molar-refractivity contribution < 1.29 is 19.0 Å². The van der Waals surface area contributed by atoms with Crippen LogP contribution in [0.2, 0.25) is 0 Å². The molecule has 1 aromatic rings. The SMILES string of the molecule is COc1ccc(CNC(=O)C2(N)CCOCC2)cc1OC.Cl. The molecule has 1 heterocycles. The zero-order valence-electron chi connectivity index (χ0n) is 12.9. The van der Waals surface area contributed by atoms with Crippen molar-refractivity contribution in [2.45, 2.75) is 24.9 Å². The largest absolute Gasteiger partial charge is 0.493 e. The van der Waals surface area contributed by atoms with Gasteiger partial charge in [-0.05, 0) is 30.5 Å². The molecule has 3 N–H and O–H groups in total. The second kappa shape index (κ2) is 8.22. The molecule has 1 fully saturated rings. The average molecular weight is 331 g/mol. The first kappa shape index (κ1) is 18.5. The van der Waals surface area contributed by atoms with Gasteiger partial charge < -0.3 is 25.3 Å². The first-order chi connectivity index (χ1) is 10.1. The van der Waals surface area contributed by atoms with Crippen LogP contribution in [0.3, 0.4) is 0 Å². The summed E-state index contributed by atoms with van der Waals surface area (Å²) >= 11 is 0. The van der Waals surface area contributed by atoms with E-state index in [1.54, 1.807) is 14.2 Å². The van der Waals surface area contributed by atoms with E-state index in [2.05, 4.69) is 5.32 Å². The number of halogens is 1. The van der Waals surface area contributed by atoms with Crippen molar-refractivity contribution in [3.05, 3.63) is 23.8 Å². The third-order valence-corrected chi connectivity index (χ3v) is 3.74. The molecule has 7 heteroatoms. The lowest BCUT2D eigenvalue weighted by Gasteiger charge is -2.31. The predicted octanol–water partition coefficient (Wildman–Crippen LogP) is 1.25. The molecule has 22 heavy (non-hydrogen) atoms. The quantitative estimate of drug-likeness (QED) is 0.849. The summed E-state index contributed by atoms with van der Waals surface area (Å²) in [7, 11) is 3.17. The van der Waals surface area contributed by atoms with Gasteiger partial charge in [-0.25, -0.2) is 0 Å². The lowest BCUT2D eigenvalue weighted by molar-refractivity contribution is -0.129. The summed E-state index contributed by atoms with van der Waals surface area (Å²) in [6, 6.07) is 5.54. The third-order valence-electron chi connectivity index (χ3n) is 3.74. The number of benzene rings is 1. The van der Waals surface area contributed by atoms with Gasteiger partial charge in [0.05, 0.1) is 19.8 Å². The standard InChI is InChI=1S/C15H22N2O4.ClH/c1-19-12-4-3-11(9-13(12)20-2)10-17-14(18)15(16)5-7-21-8-6-15;/h3-4,9H,5-8,10,16H2,1-2H3,(H,17,18);1H. The molecule has 0 unspecified atom stereocenters. The van der Waals surface area contributed by atoms with Gasteiger partial charge in [0.1, 0.15) is 0 Å². The summed E-state index contributed by atoms with van der Waals surface area (Å²) in [5.74, 6) is 1.16. The maximum atomic E-state index is 12.2. The molecule has 124 valence electrons. The van der Waals surface area contributed by atoms with Crippen molar-refractivity contribution >= 4 is 18.3 Å². The van der Waals surface area contributed by atoms with Gasteiger partial charge in [0.2, 0.25) is 5.91 Å². The monoisotopic (exact) mass is 330 g/mol. The Morgan fingerprint density at radius 1 is 1.27 bits per heavy atom. The third kappa shape index (κ3) is 4.25. The molecule has 1 saturated heterocycles. The van der Waals surface area contributed by atoms with E-state index in [-0.39, 0.29) is 18.3 Å². The Morgan fingerprint density at radius 3 is 2.50 bits per heavy atom. The molecule has 1 aliphatic heterocycles. The van der Waals surface area contributed by atoms with E-state index in [4.69, 9.17) is 19.9 Å². The molecular weight excluding hydrogens is 308 g/mol. The number of ether oxygens (including phenoxy) is 3. The number of hydrogen-bond acceptors (Lipinski definition) is 5. The van der Waals surface area contributed by atoms with Gasteiger partial charge in [-0.15, -0.1) is 12.4 Å². The van der Waals surface area contributed by atoms with E-state index in [0.29, 0.717) is 44.1 Å². The van der Waals surface area contributed by atoms with E-state index in [1.807, 2.05) is 18.2 Å². The van der Waals surface area contributed by atoms with Crippen LogP contribution in [-0.2, 0) is 16.1 Å². The van der Waals surface area contributed by atoms with Crippen LogP contribution < -0.4 is 20.5 Å². The minimum atomic E-state index is -0.825. The fourth-order valence-corrected chi connectivity index (χ4v) is 2.31. The molecule has 0 atom stereocenters. The van der Waals surface area contributed by atoms with Crippen molar-refractivity contribution in [2.75, 3.05) is 27.4 Å². The van der Waals surface area contributed by atoms with Gasteiger partial charge in [0.15, 0.2) is 11.5 Å². The minimum Gasteiger partial charge on any atom is -0.493 e. The molecule has 1 aromatic carbocycles. The van der Waals surface area contributed by atoms with Crippen LogP contribution in [0, 0.1) is 0 Å². The smallest absolute Gasteiger partial charge is 0.240 e. The topological polar surface area (TPSA) is 82.8 Å². The van der Waals surface area contributed by atoms with E-state index >= 15 is 0 Å². The van der Waals surface area contributed by atoms with E-state index in [0.717, 1.165) is 5.56 Å². The summed E-state index contributed by atoms with van der Waals surface area (Å²) in [5.41, 5.74) is 6.23. The Bertz CT molecular complexity index is 504. The molecule has 6 nitrogen and oxygen atoms in total. The Labute approximate surface area is 136 Å². The Kier molecular flexibility index (Phi) is 6.93. The van der Waals surface area contributed by atoms with Crippen LogP contribution in [0.4, 0.5) is 0 Å². The number of hydrogen-bond donors (Lipinski definition) is 2. The Balaban J connectivity index is 0.00000242. The van der Waals surface area contributed by atoms with Gasteiger partial charge >= 0.3 is 0 Å². The van der Waals surface area contributed by atoms with E-state index in [1.165, 1.54) is 0 Å². The van der Waals surface area contributed by atoms with E-state index < -0.39 is 5.54 Å². The van der Waals surface area contributed by atoms with Gasteiger partial charge in [-0.3, -0.25) is 4.79 Å². The van der Waals surface area contributed by atoms with Gasteiger partial charge in [-0.1, -0.05) is 6.07 Å². The van der Waals surface area contributed by atoms with Crippen LogP contribution in [0.1, 0.15) is 18.4 Å². The number of amides is 1. The van der Waals surface area contributed by atoms with Crippen molar-refractivity contribution in [2.24, 2.45) is 5.73 Å². The van der Waals surface area contributed by atoms with Crippen LogP contribution in [0.15, 0.2) is 18.2 Å². The highest BCUT2D eigenvalue weighted by Crippen LogP contribution is 2.27. The highest BCUT2D eigenvalue weighted by molar-refractivity contribution is 5.86. The summed E-state index contributed by atoms with van der Waals surface area (Å²) in [6.45, 7) is 1.46. The normalized spacial score (nSPS) is 16.3. The molecule has 1 aliphatic rings. The Morgan fingerprint density at radius 2 is 1.91 bits per heavy atom. The number of nitrogens with two attached hydrogens (primary N) is 1. The first-order valence-electron chi connectivity index (χ1n) is 6.95. The summed E-state index contributed by atoms with van der Waals surface area (Å²) in [5, 5.41) is 2.88. The molecule has 0 spiro atoms. The Hall–Kier alpha value is -1.50. The fourth-order valence-electron chi connectivity index (χ4n) is 2.31. The zero-order chi connectivity index (χ0) is 15.3. The average Bonchev–Trinajstić information content (AvgIpc) is 2.52. The molecular formula is C15H23ClN2O4. The van der Waals surface area contributed by atoms with Crippen LogP contribution in [0.25, 0.3) is 0 Å². The number of nitrogens with one attached hydrogen (secondary N) is 1. The molecule has 2 rings (SSSR count). The number of methoxy groups -OCH3 is 2. The number of carbonyl (C=O) groups excluding carboxylic acids is 1. The van der Waals surface area contributed by atoms with Crippen molar-refractivity contribution in [1.82, 2.24) is 5.32 Å². The highest BCUT2D eigenvalue weighted by atomic mass is 35.5. The zero-order valence-corrected chi connectivity index (χ0v) is 13.7. The van der Waals surface area contributed by atoms with Crippen molar-refractivity contribution in [3.8, 4) is 11.5 Å². The molecule has 0 radical (unpaired) electrons. The molecule has 0 saturated carbocycles. The maximum absolute atomic E-state index is 12.2. The van der Waals surface area contributed by atoms with Crippen LogP contribution in [-0.4, -0.2) is 38.9 Å². The minimum absolute atomic E-state index is 0. The fraction of sp³-hybridized carbons (Fsp3) is 0.533. The molecule has 0 bridgehead atoms. The second-order valence-corrected chi connectivity index (χ2v) is 5.14.